The number of rotatable bonds is 5. The van der Waals surface area contributed by atoms with Gasteiger partial charge in [-0.2, -0.15) is 0 Å². The summed E-state index contributed by atoms with van der Waals surface area (Å²) in [5, 5.41) is 4.40. The molecule has 1 saturated heterocycles. The van der Waals surface area contributed by atoms with E-state index in [1.807, 2.05) is 54.3 Å². The lowest BCUT2D eigenvalue weighted by Crippen LogP contribution is -2.46. The number of nitrogens with zero attached hydrogens (tertiary/aromatic N) is 1. The third kappa shape index (κ3) is 4.10. The second kappa shape index (κ2) is 8.92. The smallest absolute Gasteiger partial charge is 0.261 e. The fourth-order valence-electron chi connectivity index (χ4n) is 4.14. The normalized spacial score (nSPS) is 14.7. The fourth-order valence-corrected chi connectivity index (χ4v) is 6.57. The van der Waals surface area contributed by atoms with Crippen LogP contribution in [0.5, 0.6) is 5.75 Å². The number of carbonyl (C=O) groups excluding carboxylic acids is 2. The molecule has 1 N–H and O–H groups in total. The number of ether oxygens (including phenoxy) is 1. The molecule has 0 aliphatic carbocycles. The van der Waals surface area contributed by atoms with Gasteiger partial charge in [-0.15, -0.1) is 22.7 Å². The van der Waals surface area contributed by atoms with Gasteiger partial charge in [0, 0.05) is 39.5 Å². The average Bonchev–Trinajstić information content (AvgIpc) is 3.38. The predicted octanol–water partition coefficient (Wildman–Crippen LogP) is 5.55. The Labute approximate surface area is 194 Å². The molecule has 2 amide bonds. The number of piperidine rings is 1. The molecule has 32 heavy (non-hydrogen) atoms. The Hall–Kier alpha value is -2.90. The zero-order valence-corrected chi connectivity index (χ0v) is 19.4. The van der Waals surface area contributed by atoms with E-state index in [1.165, 1.54) is 14.8 Å². The monoisotopic (exact) mass is 464 g/mol. The number of carbonyl (C=O) groups is 2. The maximum atomic E-state index is 12.9. The molecule has 0 saturated carbocycles. The van der Waals surface area contributed by atoms with Gasteiger partial charge in [0.25, 0.3) is 11.8 Å². The van der Waals surface area contributed by atoms with Gasteiger partial charge in [0.1, 0.15) is 5.75 Å². The van der Waals surface area contributed by atoms with Crippen LogP contribution in [-0.4, -0.2) is 42.5 Å². The van der Waals surface area contributed by atoms with Gasteiger partial charge in [0.15, 0.2) is 0 Å². The highest BCUT2D eigenvalue weighted by Gasteiger charge is 2.25. The SMILES string of the molecule is CCOc1ccc(C(=O)N2CCC(NC(=O)c3cc4sc5ccccc5c4s3)CC2)cc1. The Kier molecular flexibility index (Phi) is 5.85. The first-order chi connectivity index (χ1) is 15.6. The van der Waals surface area contributed by atoms with Crippen molar-refractivity contribution in [2.45, 2.75) is 25.8 Å². The minimum absolute atomic E-state index is 0.0150. The first-order valence-electron chi connectivity index (χ1n) is 10.9. The molecule has 7 heteroatoms. The first-order valence-corrected chi connectivity index (χ1v) is 12.5. The predicted molar refractivity (Wildman–Crippen MR) is 131 cm³/mol. The maximum absolute atomic E-state index is 12.9. The van der Waals surface area contributed by atoms with Crippen LogP contribution in [0.3, 0.4) is 0 Å². The third-order valence-electron chi connectivity index (χ3n) is 5.80. The zero-order chi connectivity index (χ0) is 22.1. The summed E-state index contributed by atoms with van der Waals surface area (Å²) in [6.45, 7) is 3.82. The molecule has 0 unspecified atom stereocenters. The summed E-state index contributed by atoms with van der Waals surface area (Å²) in [6.07, 6.45) is 1.52. The van der Waals surface area contributed by atoms with E-state index in [0.29, 0.717) is 25.3 Å². The van der Waals surface area contributed by atoms with Gasteiger partial charge in [0.2, 0.25) is 0 Å². The molecule has 0 radical (unpaired) electrons. The van der Waals surface area contributed by atoms with Gasteiger partial charge in [-0.3, -0.25) is 9.59 Å². The molecular formula is C25H24N2O3S2. The lowest BCUT2D eigenvalue weighted by atomic mass is 10.0. The first kappa shape index (κ1) is 21.0. The van der Waals surface area contributed by atoms with Crippen LogP contribution in [0.15, 0.2) is 54.6 Å². The van der Waals surface area contributed by atoms with Crippen LogP contribution in [0.1, 0.15) is 39.8 Å². The summed E-state index contributed by atoms with van der Waals surface area (Å²) in [5.41, 5.74) is 0.668. The van der Waals surface area contributed by atoms with Crippen LogP contribution in [0.25, 0.3) is 19.5 Å². The Morgan fingerprint density at radius 3 is 2.53 bits per heavy atom. The summed E-state index contributed by atoms with van der Waals surface area (Å²) in [5.74, 6) is 0.786. The van der Waals surface area contributed by atoms with Crippen LogP contribution >= 0.6 is 22.7 Å². The molecule has 2 aromatic carbocycles. The summed E-state index contributed by atoms with van der Waals surface area (Å²) in [7, 11) is 0. The van der Waals surface area contributed by atoms with Crippen molar-refractivity contribution in [1.29, 1.82) is 0 Å². The highest BCUT2D eigenvalue weighted by molar-refractivity contribution is 7.33. The number of fused-ring (bicyclic) bond motifs is 3. The summed E-state index contributed by atoms with van der Waals surface area (Å²) >= 11 is 3.29. The Morgan fingerprint density at radius 1 is 1.03 bits per heavy atom. The number of hydrogen-bond donors (Lipinski definition) is 1. The van der Waals surface area contributed by atoms with Crippen LogP contribution in [0.2, 0.25) is 0 Å². The molecular weight excluding hydrogens is 440 g/mol. The van der Waals surface area contributed by atoms with Gasteiger partial charge in [-0.25, -0.2) is 0 Å². The molecule has 0 atom stereocenters. The number of likely N-dealkylation sites (tertiary alicyclic amines) is 1. The van der Waals surface area contributed by atoms with E-state index in [9.17, 15) is 9.59 Å². The van der Waals surface area contributed by atoms with E-state index in [4.69, 9.17) is 4.74 Å². The molecule has 5 nitrogen and oxygen atoms in total. The Balaban J connectivity index is 1.19. The Morgan fingerprint density at radius 2 is 1.78 bits per heavy atom. The number of benzene rings is 2. The molecule has 1 aliphatic heterocycles. The van der Waals surface area contributed by atoms with Gasteiger partial charge in [0.05, 0.1) is 16.2 Å². The molecule has 5 rings (SSSR count). The van der Waals surface area contributed by atoms with Gasteiger partial charge in [-0.1, -0.05) is 18.2 Å². The van der Waals surface area contributed by atoms with E-state index in [2.05, 4.69) is 17.4 Å². The highest BCUT2D eigenvalue weighted by Crippen LogP contribution is 2.39. The second-order valence-corrected chi connectivity index (χ2v) is 10.0. The molecule has 0 spiro atoms. The van der Waals surface area contributed by atoms with E-state index in [1.54, 1.807) is 22.7 Å². The van der Waals surface area contributed by atoms with Crippen LogP contribution in [0.4, 0.5) is 0 Å². The minimum atomic E-state index is -0.0150. The number of thiophene rings is 2. The number of nitrogens with one attached hydrogen (secondary N) is 1. The molecule has 1 fully saturated rings. The van der Waals surface area contributed by atoms with E-state index >= 15 is 0 Å². The van der Waals surface area contributed by atoms with Crippen LogP contribution < -0.4 is 10.1 Å². The molecule has 4 aromatic rings. The molecule has 164 valence electrons. The van der Waals surface area contributed by atoms with Crippen LogP contribution in [-0.2, 0) is 0 Å². The summed E-state index contributed by atoms with van der Waals surface area (Å²) < 4.78 is 9.05. The topological polar surface area (TPSA) is 58.6 Å². The van der Waals surface area contributed by atoms with Crippen molar-refractivity contribution in [2.24, 2.45) is 0 Å². The minimum Gasteiger partial charge on any atom is -0.494 e. The van der Waals surface area contributed by atoms with Crippen molar-refractivity contribution >= 4 is 54.0 Å². The van der Waals surface area contributed by atoms with Crippen molar-refractivity contribution in [2.75, 3.05) is 19.7 Å². The maximum Gasteiger partial charge on any atom is 0.261 e. The highest BCUT2D eigenvalue weighted by atomic mass is 32.1. The van der Waals surface area contributed by atoms with Crippen molar-refractivity contribution in [1.82, 2.24) is 10.2 Å². The average molecular weight is 465 g/mol. The van der Waals surface area contributed by atoms with E-state index < -0.39 is 0 Å². The number of amides is 2. The van der Waals surface area contributed by atoms with Gasteiger partial charge >= 0.3 is 0 Å². The molecule has 2 aromatic heterocycles. The van der Waals surface area contributed by atoms with Crippen molar-refractivity contribution in [3.8, 4) is 5.75 Å². The molecule has 0 bridgehead atoms. The zero-order valence-electron chi connectivity index (χ0n) is 17.8. The van der Waals surface area contributed by atoms with Crippen molar-refractivity contribution in [3.63, 3.8) is 0 Å². The standard InChI is InChI=1S/C25H24N2O3S2/c1-2-30-18-9-7-16(8-10-18)25(29)27-13-11-17(12-14-27)26-24(28)22-15-21-23(32-22)19-5-3-4-6-20(19)31-21/h3-10,15,17H,2,11-14H2,1H3,(H,26,28). The largest absolute Gasteiger partial charge is 0.494 e. The van der Waals surface area contributed by atoms with Crippen LogP contribution in [0, 0.1) is 0 Å². The van der Waals surface area contributed by atoms with Crippen molar-refractivity contribution < 1.29 is 14.3 Å². The summed E-state index contributed by atoms with van der Waals surface area (Å²) in [4.78, 5) is 28.3. The third-order valence-corrected chi connectivity index (χ3v) is 8.22. The molecule has 3 heterocycles. The quantitative estimate of drug-likeness (QED) is 0.421. The molecule has 1 aliphatic rings. The van der Waals surface area contributed by atoms with Gasteiger partial charge < -0.3 is 15.0 Å². The second-order valence-electron chi connectivity index (χ2n) is 7.90. The van der Waals surface area contributed by atoms with Crippen molar-refractivity contribution in [3.05, 3.63) is 65.0 Å². The lowest BCUT2D eigenvalue weighted by molar-refractivity contribution is 0.0698. The number of hydrogen-bond acceptors (Lipinski definition) is 5. The van der Waals surface area contributed by atoms with E-state index in [0.717, 1.165) is 28.2 Å². The van der Waals surface area contributed by atoms with E-state index in [-0.39, 0.29) is 17.9 Å². The lowest BCUT2D eigenvalue weighted by Gasteiger charge is -2.32. The Bertz CT molecular complexity index is 1270. The fraction of sp³-hybridized carbons (Fsp3) is 0.280. The van der Waals surface area contributed by atoms with Gasteiger partial charge in [-0.05, 0) is 56.2 Å². The summed E-state index contributed by atoms with van der Waals surface area (Å²) in [6, 6.07) is 17.7.